The van der Waals surface area contributed by atoms with Gasteiger partial charge in [-0.25, -0.2) is 4.68 Å². The molecule has 12 bridgehead atoms. The molecule has 36 nitrogen and oxygen atoms in total. The molecule has 10 saturated heterocycles. The van der Waals surface area contributed by atoms with E-state index in [4.69, 9.17) is 104 Å². The van der Waals surface area contributed by atoms with Crippen molar-refractivity contribution >= 4 is 47.9 Å². The molecule has 10 aliphatic heterocycles. The summed E-state index contributed by atoms with van der Waals surface area (Å²) in [4.78, 5) is 89.4. The van der Waals surface area contributed by atoms with Gasteiger partial charge in [-0.1, -0.05) is 39.1 Å². The second kappa shape index (κ2) is 55.2. The number of aliphatic hydroxyl groups is 1. The van der Waals surface area contributed by atoms with Crippen LogP contribution in [-0.2, 0) is 133 Å². The van der Waals surface area contributed by atoms with E-state index in [1.54, 1.807) is 38.0 Å². The van der Waals surface area contributed by atoms with Crippen LogP contribution in [0.3, 0.4) is 0 Å². The van der Waals surface area contributed by atoms with Crippen LogP contribution in [0.1, 0.15) is 168 Å². The molecule has 0 aromatic carbocycles. The number of ether oxygens (including phenoxy) is 18. The predicted molar refractivity (Wildman–Crippen MR) is 454 cm³/mol. The molecule has 0 saturated carbocycles. The summed E-state index contributed by atoms with van der Waals surface area (Å²) < 4.78 is 114. The molecule has 2 aromatic heterocycles. The van der Waals surface area contributed by atoms with E-state index in [0.29, 0.717) is 174 Å². The summed E-state index contributed by atoms with van der Waals surface area (Å²) in [7, 11) is 1.57. The van der Waals surface area contributed by atoms with Crippen molar-refractivity contribution < 1.29 is 158 Å². The maximum Gasteiger partial charge on any atom is 0.246 e. The molecule has 2 unspecified atom stereocenters. The molecule has 713 valence electrons. The van der Waals surface area contributed by atoms with Crippen molar-refractivity contribution in [3.8, 4) is 11.3 Å². The molecule has 10 aliphatic rings. The number of aliphatic hydroxyl groups excluding tert-OH is 1. The Morgan fingerprint density at radius 1 is 0.611 bits per heavy atom. The quantitative estimate of drug-likeness (QED) is 0.0212. The van der Waals surface area contributed by atoms with Crippen molar-refractivity contribution in [3.05, 3.63) is 42.9 Å². The van der Waals surface area contributed by atoms with Gasteiger partial charge in [-0.2, -0.15) is 0 Å². The number of nitrogens with two attached hydrogens (primary N) is 1. The zero-order valence-corrected chi connectivity index (χ0v) is 77.1. The van der Waals surface area contributed by atoms with Crippen molar-refractivity contribution in [2.45, 2.75) is 296 Å². The zero-order valence-electron chi connectivity index (χ0n) is 74.1. The van der Waals surface area contributed by atoms with Gasteiger partial charge in [0.05, 0.1) is 99.6 Å². The normalized spacial score (nSPS) is 28.8. The number of methoxy groups -OCH3 is 1. The number of Topliss-reactive ketones (excluding diaryl/α,β-unsaturated/α-hetero) is 1. The molecule has 2 aromatic rings. The van der Waals surface area contributed by atoms with E-state index in [1.165, 1.54) is 0 Å². The number of nitrogens with zero attached hydrogens (tertiary/aromatic N) is 5. The number of hydrogen-bond acceptors (Lipinski definition) is 31. The van der Waals surface area contributed by atoms with Gasteiger partial charge in [0.1, 0.15) is 67.3 Å². The fourth-order valence-electron chi connectivity index (χ4n) is 18.0. The maximum absolute atomic E-state index is 14.6. The maximum atomic E-state index is 14.6. The minimum absolute atomic E-state index is 0. The summed E-state index contributed by atoms with van der Waals surface area (Å²) in [5, 5.41) is 33.6. The first-order valence-corrected chi connectivity index (χ1v) is 46.2. The monoisotopic (exact) mass is 1940 g/mol. The third-order valence-electron chi connectivity index (χ3n) is 24.5. The van der Waals surface area contributed by atoms with Gasteiger partial charge in [0.25, 0.3) is 0 Å². The zero-order chi connectivity index (χ0) is 88.3. The number of aromatic nitrogens is 5. The number of amides is 5. The van der Waals surface area contributed by atoms with E-state index >= 15 is 0 Å². The number of carbonyl (C=O) groups is 6. The standard InChI is InChI=1S/C88H141N11O25S.Tb/c1-56(2)78(96-77(104)55-116-54-76(103)90-24-40-114-38-14-36-112-34-12-32-110-30-10-28-108-26-9-27-109-29-11-31-111-33-13-35-113-37-15-39-115-41-25-99-53-68(97-98-99)60-49-93-87(125)94-50-60)86(106)95-67(16-7-8-23-89)85(105)92-52-75(102)91-51-62(101)46-73-79(107-6)66-45-61(100)44-64-18-20-70-80(119-64)84-83-82(121-70)81-74(122-83)48-88(123-81,124-84)22-21-65-43-58(4)69(117-65)19-17-63-42-57(3)59(5)71(118-63)47-72(66)120-73;/h49-50,53,56-57,62-67,69-74,78-84,101H,4-5,7-48,51-52,54-55,89H2,1-3,6H3,(H,90,103)(H,91,102)(H,92,105)(H,95,106)(H,96,104)(H,93,94,125);/p-1/t57-,62+,63+,64-,65+,66+,67+,69?,70+,71-,72+,73-,74?,78+,79-,80+,81+,82+,83-,84+,88+;/m1./s1. The molecule has 1 spiro atoms. The van der Waals surface area contributed by atoms with E-state index in [9.17, 15) is 33.9 Å². The van der Waals surface area contributed by atoms with Gasteiger partial charge < -0.3 is 135 Å². The third-order valence-corrected chi connectivity index (χ3v) is 24.7. The molecule has 8 N–H and O–H groups in total. The number of nitrogens with one attached hydrogen (secondary N) is 5. The van der Waals surface area contributed by atoms with E-state index in [1.807, 2.05) is 6.20 Å². The molecule has 12 rings (SSSR count). The summed E-state index contributed by atoms with van der Waals surface area (Å²) in [6.07, 6.45) is 12.7. The number of ketones is 1. The first-order valence-electron chi connectivity index (χ1n) is 45.8. The number of carbonyl (C=O) groups excluding carboxylic acids is 6. The summed E-state index contributed by atoms with van der Waals surface area (Å²) in [6, 6.07) is -2.19. The Hall–Kier alpha value is -4.57. The molecule has 1 radical (unpaired) electrons. The van der Waals surface area contributed by atoms with Crippen molar-refractivity contribution in [1.29, 1.82) is 0 Å². The number of unbranched alkanes of at least 4 members (excludes halogenated alkanes) is 1. The van der Waals surface area contributed by atoms with E-state index in [2.05, 4.69) is 66.9 Å². The van der Waals surface area contributed by atoms with Gasteiger partial charge in [-0.15, -0.1) is 5.10 Å². The van der Waals surface area contributed by atoms with E-state index in [-0.39, 0.29) is 151 Å². The second-order valence-electron chi connectivity index (χ2n) is 34.7. The Morgan fingerprint density at radius 2 is 1.21 bits per heavy atom. The summed E-state index contributed by atoms with van der Waals surface area (Å²) in [5.74, 6) is -4.62. The van der Waals surface area contributed by atoms with Gasteiger partial charge in [-0.3, -0.25) is 38.7 Å². The van der Waals surface area contributed by atoms with E-state index < -0.39 is 122 Å². The fraction of sp³-hybridized carbons (Fsp3) is 0.818. The van der Waals surface area contributed by atoms with Crippen molar-refractivity contribution in [2.24, 2.45) is 23.5 Å². The van der Waals surface area contributed by atoms with Crippen molar-refractivity contribution in [2.75, 3.05) is 152 Å². The minimum Gasteiger partial charge on any atom is -0.740 e. The molecular formula is C88H140N11O25STb-. The number of rotatable bonds is 55. The second-order valence-corrected chi connectivity index (χ2v) is 35.1. The van der Waals surface area contributed by atoms with Crippen LogP contribution in [0.25, 0.3) is 11.3 Å². The Morgan fingerprint density at radius 3 is 1.85 bits per heavy atom. The Kier molecular flexibility index (Phi) is 45.3. The molecule has 10 fully saturated rings. The average molecular weight is 1940 g/mol. The van der Waals surface area contributed by atoms with Gasteiger partial charge in [0, 0.05) is 219 Å². The van der Waals surface area contributed by atoms with Crippen molar-refractivity contribution in [1.82, 2.24) is 51.5 Å². The minimum atomic E-state index is -1.14. The Labute approximate surface area is 777 Å². The van der Waals surface area contributed by atoms with Crippen LogP contribution < -0.4 is 32.3 Å². The molecule has 12 heterocycles. The van der Waals surface area contributed by atoms with Gasteiger partial charge >= 0.3 is 0 Å². The van der Waals surface area contributed by atoms with Crippen LogP contribution >= 0.6 is 0 Å². The Balaban J connectivity index is 0.0000166. The SMILES string of the molecule is C=C1C[C@@H]2CC[C@@]34CC5O[C@H]6[C@@H](O3)[C@H]3O[C@H](CC[C@@H]3O[C@H]6[C@H]5O4)CC(=O)C[C@@H]3[C@@H](OC)[C@@H](C[C@H](O)CNC(=O)CNC(=O)[C@H](CCCCN)NC(=O)[C@@H](NC(=O)COCC(=O)NCCOCCCOCCCOCCCOCCCOCCCOCCCOCCCOCCn4cc(-c5cnc([S-])nc5)nn4)C(C)C)O[C@H]3C[C@H]3O[C@@H](CCC1O2)C[C@@H](C)C3=C.[Tb]. The van der Waals surface area contributed by atoms with Crippen LogP contribution in [0.5, 0.6) is 0 Å². The summed E-state index contributed by atoms with van der Waals surface area (Å²) in [5.41, 5.74) is 9.27. The Bertz CT molecular complexity index is 3630. The third kappa shape index (κ3) is 33.0. The van der Waals surface area contributed by atoms with E-state index in [0.717, 1.165) is 87.3 Å². The molecule has 38 heteroatoms. The van der Waals surface area contributed by atoms with Crippen LogP contribution in [0.4, 0.5) is 0 Å². The number of fused-ring (bicyclic) bond motifs is 6. The average Bonchev–Trinajstić information content (AvgIpc) is 1.55. The summed E-state index contributed by atoms with van der Waals surface area (Å²) >= 11 is 4.93. The predicted octanol–water partition coefficient (Wildman–Crippen LogP) is 4.12. The molecule has 5 amide bonds. The van der Waals surface area contributed by atoms with Gasteiger partial charge in [0.2, 0.25) is 29.5 Å². The van der Waals surface area contributed by atoms with Gasteiger partial charge in [0.15, 0.2) is 5.79 Å². The van der Waals surface area contributed by atoms with Gasteiger partial charge in [-0.05, 0) is 139 Å². The first kappa shape index (κ1) is 104. The fourth-order valence-corrected chi connectivity index (χ4v) is 18.1. The molecule has 0 aliphatic carbocycles. The largest absolute Gasteiger partial charge is 0.740 e. The smallest absolute Gasteiger partial charge is 0.246 e. The van der Waals surface area contributed by atoms with Crippen LogP contribution in [0.2, 0.25) is 0 Å². The molecule has 21 atom stereocenters. The van der Waals surface area contributed by atoms with Crippen LogP contribution in [-0.4, -0.2) is 333 Å². The van der Waals surface area contributed by atoms with Crippen LogP contribution in [0.15, 0.2) is 48.1 Å². The summed E-state index contributed by atoms with van der Waals surface area (Å²) in [6.45, 7) is 23.4. The molecule has 126 heavy (non-hydrogen) atoms. The number of hydrogen-bond donors (Lipinski definition) is 7. The topological polar surface area (TPSA) is 431 Å². The van der Waals surface area contributed by atoms with Crippen molar-refractivity contribution in [3.63, 3.8) is 0 Å². The molecular weight excluding hydrogens is 1800 g/mol. The first-order chi connectivity index (χ1) is 60.7. The van der Waals surface area contributed by atoms with Crippen LogP contribution in [0, 0.1) is 56.4 Å².